The Bertz CT molecular complexity index is 550. The molecule has 1 unspecified atom stereocenters. The third-order valence-electron chi connectivity index (χ3n) is 2.83. The Hall–Kier alpha value is -0.670. The van der Waals surface area contributed by atoms with Gasteiger partial charge in [-0.2, -0.15) is 0 Å². The van der Waals surface area contributed by atoms with Crippen LogP contribution in [0.3, 0.4) is 0 Å². The summed E-state index contributed by atoms with van der Waals surface area (Å²) >= 11 is 14.0. The van der Waals surface area contributed by atoms with Crippen LogP contribution in [0.1, 0.15) is 24.1 Å². The van der Waals surface area contributed by atoms with Gasteiger partial charge in [-0.3, -0.25) is 0 Å². The van der Waals surface area contributed by atoms with Crippen LogP contribution in [0.5, 0.6) is 0 Å². The molecule has 2 aromatic rings. The molecule has 0 saturated heterocycles. The van der Waals surface area contributed by atoms with Gasteiger partial charge in [0.25, 0.3) is 0 Å². The minimum Gasteiger partial charge on any atom is -0.324 e. The van der Waals surface area contributed by atoms with E-state index in [4.69, 9.17) is 28.9 Å². The monoisotopic (exact) mass is 311 g/mol. The van der Waals surface area contributed by atoms with Crippen LogP contribution in [-0.4, -0.2) is 0 Å². The van der Waals surface area contributed by atoms with E-state index in [0.717, 1.165) is 16.9 Å². The quantitative estimate of drug-likeness (QED) is 0.775. The summed E-state index contributed by atoms with van der Waals surface area (Å²) in [6.07, 6.45) is 0. The van der Waals surface area contributed by atoms with Crippen molar-refractivity contribution in [1.29, 1.82) is 0 Å². The van der Waals surface area contributed by atoms with Crippen LogP contribution in [0.4, 0.5) is 0 Å². The molecule has 0 aliphatic heterocycles. The fraction of sp³-hybridized carbons (Fsp3) is 0.200. The predicted molar refractivity (Wildman–Crippen MR) is 85.1 cm³/mol. The van der Waals surface area contributed by atoms with Gasteiger partial charge in [0.2, 0.25) is 0 Å². The number of halogens is 2. The lowest BCUT2D eigenvalue weighted by Crippen LogP contribution is -2.04. The Kier molecular flexibility index (Phi) is 5.17. The zero-order chi connectivity index (χ0) is 13.8. The molecular formula is C15H15Cl2NS. The van der Waals surface area contributed by atoms with E-state index in [0.29, 0.717) is 10.0 Å². The number of rotatable bonds is 4. The molecule has 0 heterocycles. The molecule has 0 aromatic heterocycles. The van der Waals surface area contributed by atoms with E-state index in [1.165, 1.54) is 4.90 Å². The van der Waals surface area contributed by atoms with Gasteiger partial charge in [0.15, 0.2) is 0 Å². The third-order valence-corrected chi connectivity index (χ3v) is 4.56. The highest BCUT2D eigenvalue weighted by molar-refractivity contribution is 7.98. The van der Waals surface area contributed by atoms with Gasteiger partial charge in [0, 0.05) is 26.7 Å². The standard InChI is InChI=1S/C15H15Cl2NS/c1-10(18)11-4-2-5-12(8-11)19-9-13-14(16)6-3-7-15(13)17/h2-8,10H,9,18H2,1H3. The fourth-order valence-corrected chi connectivity index (χ4v) is 3.42. The first kappa shape index (κ1) is 14.7. The van der Waals surface area contributed by atoms with Gasteiger partial charge in [0.1, 0.15) is 0 Å². The molecule has 0 radical (unpaired) electrons. The zero-order valence-electron chi connectivity index (χ0n) is 10.6. The summed E-state index contributed by atoms with van der Waals surface area (Å²) < 4.78 is 0. The first-order valence-electron chi connectivity index (χ1n) is 5.99. The Morgan fingerprint density at radius 3 is 2.37 bits per heavy atom. The molecule has 0 fully saturated rings. The molecule has 4 heteroatoms. The second-order valence-electron chi connectivity index (χ2n) is 4.35. The lowest BCUT2D eigenvalue weighted by Gasteiger charge is -2.09. The van der Waals surface area contributed by atoms with E-state index >= 15 is 0 Å². The Morgan fingerprint density at radius 1 is 1.11 bits per heavy atom. The summed E-state index contributed by atoms with van der Waals surface area (Å²) in [7, 11) is 0. The van der Waals surface area contributed by atoms with E-state index in [1.807, 2.05) is 37.3 Å². The van der Waals surface area contributed by atoms with Crippen molar-refractivity contribution in [2.24, 2.45) is 5.73 Å². The molecule has 2 N–H and O–H groups in total. The van der Waals surface area contributed by atoms with Crippen molar-refractivity contribution in [2.45, 2.75) is 23.6 Å². The highest BCUT2D eigenvalue weighted by atomic mass is 35.5. The number of benzene rings is 2. The van der Waals surface area contributed by atoms with Gasteiger partial charge in [-0.1, -0.05) is 41.4 Å². The average Bonchev–Trinajstić information content (AvgIpc) is 2.38. The van der Waals surface area contributed by atoms with Crippen molar-refractivity contribution in [3.63, 3.8) is 0 Å². The molecule has 0 bridgehead atoms. The molecule has 0 aliphatic rings. The summed E-state index contributed by atoms with van der Waals surface area (Å²) in [4.78, 5) is 1.17. The predicted octanol–water partition coefficient (Wildman–Crippen LogP) is 5.31. The number of hydrogen-bond donors (Lipinski definition) is 1. The van der Waals surface area contributed by atoms with Crippen LogP contribution in [0.15, 0.2) is 47.4 Å². The Balaban J connectivity index is 2.12. The second-order valence-corrected chi connectivity index (χ2v) is 6.21. The maximum absolute atomic E-state index is 6.16. The molecule has 0 saturated carbocycles. The second kappa shape index (κ2) is 6.67. The van der Waals surface area contributed by atoms with Crippen LogP contribution in [0, 0.1) is 0 Å². The van der Waals surface area contributed by atoms with Crippen molar-refractivity contribution in [3.05, 3.63) is 63.6 Å². The van der Waals surface area contributed by atoms with Gasteiger partial charge in [0.05, 0.1) is 0 Å². The maximum Gasteiger partial charge on any atom is 0.0461 e. The summed E-state index contributed by atoms with van der Waals surface area (Å²) in [5, 5.41) is 1.42. The molecule has 100 valence electrons. The highest BCUT2D eigenvalue weighted by Crippen LogP contribution is 2.32. The van der Waals surface area contributed by atoms with E-state index in [9.17, 15) is 0 Å². The van der Waals surface area contributed by atoms with Crippen LogP contribution in [-0.2, 0) is 5.75 Å². The molecule has 1 nitrogen and oxygen atoms in total. The molecule has 2 aromatic carbocycles. The van der Waals surface area contributed by atoms with E-state index in [2.05, 4.69) is 12.1 Å². The first-order chi connectivity index (χ1) is 9.08. The first-order valence-corrected chi connectivity index (χ1v) is 7.73. The van der Waals surface area contributed by atoms with E-state index in [1.54, 1.807) is 11.8 Å². The fourth-order valence-electron chi connectivity index (χ4n) is 1.71. The molecule has 0 spiro atoms. The lowest BCUT2D eigenvalue weighted by molar-refractivity contribution is 0.815. The molecule has 1 atom stereocenters. The number of nitrogens with two attached hydrogens (primary N) is 1. The van der Waals surface area contributed by atoms with Gasteiger partial charge in [-0.25, -0.2) is 0 Å². The van der Waals surface area contributed by atoms with Crippen molar-refractivity contribution in [2.75, 3.05) is 0 Å². The van der Waals surface area contributed by atoms with Crippen LogP contribution in [0.25, 0.3) is 0 Å². The van der Waals surface area contributed by atoms with Crippen molar-refractivity contribution < 1.29 is 0 Å². The largest absolute Gasteiger partial charge is 0.324 e. The Labute approximate surface area is 128 Å². The van der Waals surface area contributed by atoms with Gasteiger partial charge in [-0.15, -0.1) is 11.8 Å². The molecule has 19 heavy (non-hydrogen) atoms. The van der Waals surface area contributed by atoms with Gasteiger partial charge >= 0.3 is 0 Å². The van der Waals surface area contributed by atoms with Gasteiger partial charge in [-0.05, 0) is 42.3 Å². The molecule has 2 rings (SSSR count). The van der Waals surface area contributed by atoms with Crippen molar-refractivity contribution in [1.82, 2.24) is 0 Å². The lowest BCUT2D eigenvalue weighted by atomic mass is 10.1. The maximum atomic E-state index is 6.16. The number of thioether (sulfide) groups is 1. The SMILES string of the molecule is CC(N)c1cccc(SCc2c(Cl)cccc2Cl)c1. The van der Waals surface area contributed by atoms with Crippen LogP contribution < -0.4 is 5.73 Å². The topological polar surface area (TPSA) is 26.0 Å². The number of hydrogen-bond acceptors (Lipinski definition) is 2. The summed E-state index contributed by atoms with van der Waals surface area (Å²) in [5.41, 5.74) is 8.00. The van der Waals surface area contributed by atoms with Crippen LogP contribution in [0.2, 0.25) is 10.0 Å². The zero-order valence-corrected chi connectivity index (χ0v) is 12.9. The highest BCUT2D eigenvalue weighted by Gasteiger charge is 2.07. The molecular weight excluding hydrogens is 297 g/mol. The summed E-state index contributed by atoms with van der Waals surface area (Å²) in [6.45, 7) is 1.98. The van der Waals surface area contributed by atoms with Crippen molar-refractivity contribution in [3.8, 4) is 0 Å². The Morgan fingerprint density at radius 2 is 1.74 bits per heavy atom. The molecule has 0 amide bonds. The minimum absolute atomic E-state index is 0.0458. The summed E-state index contributed by atoms with van der Waals surface area (Å²) in [5.74, 6) is 0.751. The summed E-state index contributed by atoms with van der Waals surface area (Å²) in [6, 6.07) is 13.9. The normalized spacial score (nSPS) is 12.4. The molecule has 0 aliphatic carbocycles. The third kappa shape index (κ3) is 3.90. The van der Waals surface area contributed by atoms with E-state index in [-0.39, 0.29) is 6.04 Å². The van der Waals surface area contributed by atoms with Crippen molar-refractivity contribution >= 4 is 35.0 Å². The average molecular weight is 312 g/mol. The van der Waals surface area contributed by atoms with Gasteiger partial charge < -0.3 is 5.73 Å². The minimum atomic E-state index is 0.0458. The smallest absolute Gasteiger partial charge is 0.0461 e. The van der Waals surface area contributed by atoms with E-state index < -0.39 is 0 Å². The van der Waals surface area contributed by atoms with Crippen LogP contribution >= 0.6 is 35.0 Å².